The first-order valence-electron chi connectivity index (χ1n) is 9.49. The van der Waals surface area contributed by atoms with Gasteiger partial charge in [0, 0.05) is 12.1 Å². The van der Waals surface area contributed by atoms with Gasteiger partial charge in [-0.2, -0.15) is 0 Å². The summed E-state index contributed by atoms with van der Waals surface area (Å²) in [5.41, 5.74) is 1.40. The predicted molar refractivity (Wildman–Crippen MR) is 116 cm³/mol. The van der Waals surface area contributed by atoms with Crippen LogP contribution in [0.1, 0.15) is 21.5 Å². The van der Waals surface area contributed by atoms with Crippen LogP contribution >= 0.6 is 0 Å². The first kappa shape index (κ1) is 24.4. The molecule has 10 heteroatoms. The summed E-state index contributed by atoms with van der Waals surface area (Å²) in [6.45, 7) is 3.18. The van der Waals surface area contributed by atoms with Crippen molar-refractivity contribution in [2.45, 2.75) is 24.8 Å². The number of aryl methyl sites for hydroxylation is 1. The molecule has 0 aliphatic rings. The Hall–Kier alpha value is -2.82. The molecule has 0 heterocycles. The molecule has 1 unspecified atom stereocenters. The standard InChI is InChI=1S/C21H28N2O7S/c1-13-9-15(10-19(14(13)2)31(26,27)22-3)21(25)23-11-16(24)12-30-20-17(28-4)7-6-8-18(20)29-5/h6-10,16,22,24H,11-12H2,1-5H3,(H,23,25). The van der Waals surface area contributed by atoms with Crippen LogP contribution in [0, 0.1) is 13.8 Å². The van der Waals surface area contributed by atoms with Crippen LogP contribution in [0.2, 0.25) is 0 Å². The van der Waals surface area contributed by atoms with E-state index in [4.69, 9.17) is 14.2 Å². The summed E-state index contributed by atoms with van der Waals surface area (Å²) >= 11 is 0. The number of amides is 1. The molecule has 2 aromatic rings. The van der Waals surface area contributed by atoms with Gasteiger partial charge in [-0.25, -0.2) is 13.1 Å². The summed E-state index contributed by atoms with van der Waals surface area (Å²) in [6, 6.07) is 8.05. The van der Waals surface area contributed by atoms with Crippen molar-refractivity contribution < 1.29 is 32.5 Å². The van der Waals surface area contributed by atoms with Crippen LogP contribution in [0.15, 0.2) is 35.2 Å². The molecule has 3 N–H and O–H groups in total. The number of para-hydroxylation sites is 1. The first-order chi connectivity index (χ1) is 14.6. The normalized spacial score (nSPS) is 12.2. The number of aliphatic hydroxyl groups excluding tert-OH is 1. The van der Waals surface area contributed by atoms with E-state index in [0.29, 0.717) is 28.4 Å². The lowest BCUT2D eigenvalue weighted by Crippen LogP contribution is -2.35. The molecule has 9 nitrogen and oxygen atoms in total. The van der Waals surface area contributed by atoms with Crippen molar-refractivity contribution >= 4 is 15.9 Å². The zero-order valence-corrected chi connectivity index (χ0v) is 19.0. The second-order valence-electron chi connectivity index (χ2n) is 6.79. The van der Waals surface area contributed by atoms with E-state index in [0.717, 1.165) is 0 Å². The molecule has 170 valence electrons. The summed E-state index contributed by atoms with van der Waals surface area (Å²) in [4.78, 5) is 12.6. The molecule has 0 bridgehead atoms. The number of hydrogen-bond donors (Lipinski definition) is 3. The highest BCUT2D eigenvalue weighted by atomic mass is 32.2. The van der Waals surface area contributed by atoms with Gasteiger partial charge in [0.25, 0.3) is 5.91 Å². The molecule has 0 saturated carbocycles. The number of aliphatic hydroxyl groups is 1. The lowest BCUT2D eigenvalue weighted by molar-refractivity contribution is 0.0833. The number of hydrogen-bond acceptors (Lipinski definition) is 7. The molecule has 0 aromatic heterocycles. The molecule has 1 amide bonds. The fraction of sp³-hybridized carbons (Fsp3) is 0.381. The Morgan fingerprint density at radius 2 is 1.74 bits per heavy atom. The predicted octanol–water partition coefficient (Wildman–Crippen LogP) is 1.40. The summed E-state index contributed by atoms with van der Waals surface area (Å²) in [6.07, 6.45) is -1.02. The van der Waals surface area contributed by atoms with Crippen LogP contribution in [-0.4, -0.2) is 60.0 Å². The Labute approximate surface area is 182 Å². The number of rotatable bonds is 10. The third-order valence-electron chi connectivity index (χ3n) is 4.74. The number of nitrogens with one attached hydrogen (secondary N) is 2. The first-order valence-corrected chi connectivity index (χ1v) is 11.0. The van der Waals surface area contributed by atoms with E-state index in [1.165, 1.54) is 27.3 Å². The Kier molecular flexibility index (Phi) is 8.26. The largest absolute Gasteiger partial charge is 0.493 e. The maximum Gasteiger partial charge on any atom is 0.251 e. The van der Waals surface area contributed by atoms with Gasteiger partial charge in [-0.05, 0) is 56.3 Å². The molecule has 0 aliphatic heterocycles. The molecule has 0 spiro atoms. The fourth-order valence-electron chi connectivity index (χ4n) is 2.86. The Bertz CT molecular complexity index is 1020. The van der Waals surface area contributed by atoms with Gasteiger partial charge in [0.2, 0.25) is 15.8 Å². The third-order valence-corrected chi connectivity index (χ3v) is 6.28. The smallest absolute Gasteiger partial charge is 0.251 e. The number of methoxy groups -OCH3 is 2. The SMILES string of the molecule is CNS(=O)(=O)c1cc(C(=O)NCC(O)COc2c(OC)cccc2OC)cc(C)c1C. The van der Waals surface area contributed by atoms with Gasteiger partial charge < -0.3 is 24.6 Å². The summed E-state index contributed by atoms with van der Waals surface area (Å²) in [7, 11) is 0.576. The van der Waals surface area contributed by atoms with E-state index < -0.39 is 22.0 Å². The monoisotopic (exact) mass is 452 g/mol. The lowest BCUT2D eigenvalue weighted by atomic mass is 10.1. The number of benzene rings is 2. The van der Waals surface area contributed by atoms with Crippen molar-refractivity contribution in [3.8, 4) is 17.2 Å². The van der Waals surface area contributed by atoms with Crippen molar-refractivity contribution in [2.24, 2.45) is 0 Å². The van der Waals surface area contributed by atoms with Crippen LogP contribution in [0.5, 0.6) is 17.2 Å². The minimum atomic E-state index is -3.71. The fourth-order valence-corrected chi connectivity index (χ4v) is 3.92. The summed E-state index contributed by atoms with van der Waals surface area (Å²) in [5.74, 6) is 0.728. The van der Waals surface area contributed by atoms with Gasteiger partial charge >= 0.3 is 0 Å². The molecular weight excluding hydrogens is 424 g/mol. The maximum absolute atomic E-state index is 12.5. The van der Waals surface area contributed by atoms with E-state index in [-0.39, 0.29) is 23.6 Å². The lowest BCUT2D eigenvalue weighted by Gasteiger charge is -2.17. The van der Waals surface area contributed by atoms with Crippen LogP contribution < -0.4 is 24.2 Å². The van der Waals surface area contributed by atoms with Crippen molar-refractivity contribution in [2.75, 3.05) is 34.4 Å². The third kappa shape index (κ3) is 5.87. The zero-order valence-electron chi connectivity index (χ0n) is 18.2. The molecule has 1 atom stereocenters. The van der Waals surface area contributed by atoms with E-state index in [9.17, 15) is 18.3 Å². The van der Waals surface area contributed by atoms with Crippen LogP contribution in [0.4, 0.5) is 0 Å². The van der Waals surface area contributed by atoms with E-state index >= 15 is 0 Å². The summed E-state index contributed by atoms with van der Waals surface area (Å²) < 4.78 is 42.8. The van der Waals surface area contributed by atoms with Crippen LogP contribution in [0.25, 0.3) is 0 Å². The van der Waals surface area contributed by atoms with Gasteiger partial charge in [-0.1, -0.05) is 6.07 Å². The molecule has 31 heavy (non-hydrogen) atoms. The molecule has 2 aromatic carbocycles. The van der Waals surface area contributed by atoms with Gasteiger partial charge in [0.15, 0.2) is 11.5 Å². The number of sulfonamides is 1. The average molecular weight is 453 g/mol. The highest BCUT2D eigenvalue weighted by Crippen LogP contribution is 2.36. The Balaban J connectivity index is 2.05. The van der Waals surface area contributed by atoms with Gasteiger partial charge in [0.05, 0.1) is 19.1 Å². The van der Waals surface area contributed by atoms with E-state index in [2.05, 4.69) is 10.0 Å². The van der Waals surface area contributed by atoms with Crippen molar-refractivity contribution in [3.63, 3.8) is 0 Å². The van der Waals surface area contributed by atoms with E-state index in [1.54, 1.807) is 38.1 Å². The molecule has 0 radical (unpaired) electrons. The maximum atomic E-state index is 12.5. The Morgan fingerprint density at radius 3 is 2.29 bits per heavy atom. The van der Waals surface area contributed by atoms with Crippen LogP contribution in [0.3, 0.4) is 0 Å². The average Bonchev–Trinajstić information content (AvgIpc) is 2.76. The number of ether oxygens (including phenoxy) is 3. The van der Waals surface area contributed by atoms with Gasteiger partial charge in [-0.3, -0.25) is 4.79 Å². The van der Waals surface area contributed by atoms with Crippen molar-refractivity contribution in [1.82, 2.24) is 10.0 Å². The van der Waals surface area contributed by atoms with E-state index in [1.807, 2.05) is 0 Å². The zero-order chi connectivity index (χ0) is 23.2. The van der Waals surface area contributed by atoms with Gasteiger partial charge in [0.1, 0.15) is 12.7 Å². The summed E-state index contributed by atoms with van der Waals surface area (Å²) in [5, 5.41) is 12.8. The highest BCUT2D eigenvalue weighted by Gasteiger charge is 2.20. The minimum Gasteiger partial charge on any atom is -0.493 e. The quantitative estimate of drug-likeness (QED) is 0.498. The van der Waals surface area contributed by atoms with Crippen molar-refractivity contribution in [3.05, 3.63) is 47.0 Å². The molecule has 0 aliphatic carbocycles. The second-order valence-corrected chi connectivity index (χ2v) is 8.65. The topological polar surface area (TPSA) is 123 Å². The Morgan fingerprint density at radius 1 is 1.13 bits per heavy atom. The van der Waals surface area contributed by atoms with Crippen molar-refractivity contribution in [1.29, 1.82) is 0 Å². The minimum absolute atomic E-state index is 0.0345. The molecular formula is C21H28N2O7S. The number of carbonyl (C=O) groups excluding carboxylic acids is 1. The molecule has 0 saturated heterocycles. The van der Waals surface area contributed by atoms with Gasteiger partial charge in [-0.15, -0.1) is 0 Å². The number of carbonyl (C=O) groups is 1. The second kappa shape index (κ2) is 10.5. The van der Waals surface area contributed by atoms with Crippen LogP contribution in [-0.2, 0) is 10.0 Å². The highest BCUT2D eigenvalue weighted by molar-refractivity contribution is 7.89. The molecule has 0 fully saturated rings. The molecule has 2 rings (SSSR count).